The van der Waals surface area contributed by atoms with Crippen LogP contribution in [0.15, 0.2) is 72.8 Å². The van der Waals surface area contributed by atoms with Gasteiger partial charge in [0.05, 0.1) is 0 Å². The summed E-state index contributed by atoms with van der Waals surface area (Å²) in [6.07, 6.45) is 8.91. The zero-order valence-electron chi connectivity index (χ0n) is 23.4. The number of fused-ring (bicyclic) bond motifs is 1. The van der Waals surface area contributed by atoms with Gasteiger partial charge in [-0.25, -0.2) is 0 Å². The number of hydrogen-bond donors (Lipinski definition) is 1. The number of amides is 2. The first-order chi connectivity index (χ1) is 19.1. The highest BCUT2D eigenvalue weighted by molar-refractivity contribution is 6.00. The van der Waals surface area contributed by atoms with Crippen LogP contribution in [-0.4, -0.2) is 59.4 Å². The Labute approximate surface area is 233 Å². The Balaban J connectivity index is 1.15. The van der Waals surface area contributed by atoms with Crippen molar-refractivity contribution in [1.82, 2.24) is 15.1 Å². The van der Waals surface area contributed by atoms with Crippen LogP contribution in [0.1, 0.15) is 63.0 Å². The molecule has 39 heavy (non-hydrogen) atoms. The number of aryl methyl sites for hydroxylation is 1. The van der Waals surface area contributed by atoms with Crippen LogP contribution < -0.4 is 5.32 Å². The minimum atomic E-state index is -0.700. The van der Waals surface area contributed by atoms with E-state index in [1.54, 1.807) is 0 Å². The smallest absolute Gasteiger partial charge is 0.246 e. The van der Waals surface area contributed by atoms with E-state index >= 15 is 0 Å². The monoisotopic (exact) mass is 525 g/mol. The quantitative estimate of drug-likeness (QED) is 0.324. The van der Waals surface area contributed by atoms with Crippen LogP contribution in [0, 0.1) is 0 Å². The van der Waals surface area contributed by atoms with Crippen LogP contribution in [0.3, 0.4) is 0 Å². The standard InChI is InChI=1S/C34H43N3O2/c1-2-22-37-32(38)31(26-29-18-12-17-28-16-9-10-19-30(28)29)35-33(39)34(37)20-24-36(25-21-34)23-11-4-3-6-13-27-14-7-5-8-15-27/h5,7-10,12,14-19,31H,2-4,6,11,13,20-26H2,1H3,(H,35,39)/t31-/m0/s1. The van der Waals surface area contributed by atoms with Crippen LogP contribution in [0.2, 0.25) is 0 Å². The maximum atomic E-state index is 13.8. The third-order valence-corrected chi connectivity index (χ3v) is 8.78. The van der Waals surface area contributed by atoms with Crippen molar-refractivity contribution in [3.05, 3.63) is 83.9 Å². The first-order valence-corrected chi connectivity index (χ1v) is 15.0. The summed E-state index contributed by atoms with van der Waals surface area (Å²) < 4.78 is 0. The van der Waals surface area contributed by atoms with Crippen molar-refractivity contribution in [2.45, 2.75) is 76.3 Å². The number of unbranched alkanes of at least 4 members (excludes halogenated alkanes) is 3. The minimum absolute atomic E-state index is 0.0429. The van der Waals surface area contributed by atoms with Gasteiger partial charge in [-0.1, -0.05) is 92.6 Å². The van der Waals surface area contributed by atoms with E-state index in [9.17, 15) is 9.59 Å². The molecule has 3 aromatic carbocycles. The molecule has 1 N–H and O–H groups in total. The third-order valence-electron chi connectivity index (χ3n) is 8.78. The van der Waals surface area contributed by atoms with Gasteiger partial charge in [0.2, 0.25) is 11.8 Å². The predicted molar refractivity (Wildman–Crippen MR) is 159 cm³/mol. The molecule has 2 fully saturated rings. The van der Waals surface area contributed by atoms with E-state index in [0.29, 0.717) is 13.0 Å². The van der Waals surface area contributed by atoms with Gasteiger partial charge in [0.15, 0.2) is 0 Å². The van der Waals surface area contributed by atoms with Gasteiger partial charge in [-0.05, 0) is 67.0 Å². The molecule has 1 spiro atoms. The third kappa shape index (κ3) is 6.19. The van der Waals surface area contributed by atoms with Crippen LogP contribution in [0.25, 0.3) is 10.8 Å². The molecule has 0 unspecified atom stereocenters. The summed E-state index contributed by atoms with van der Waals surface area (Å²) in [6, 6.07) is 24.7. The molecule has 0 aliphatic carbocycles. The lowest BCUT2D eigenvalue weighted by Crippen LogP contribution is -2.73. The molecule has 0 aromatic heterocycles. The molecule has 206 valence electrons. The largest absolute Gasteiger partial charge is 0.342 e. The van der Waals surface area contributed by atoms with E-state index < -0.39 is 11.6 Å². The summed E-state index contributed by atoms with van der Waals surface area (Å²) in [5.74, 6) is 0.123. The lowest BCUT2D eigenvalue weighted by molar-refractivity contribution is -0.161. The average molecular weight is 526 g/mol. The van der Waals surface area contributed by atoms with Gasteiger partial charge in [0.1, 0.15) is 11.6 Å². The summed E-state index contributed by atoms with van der Waals surface area (Å²) >= 11 is 0. The van der Waals surface area contributed by atoms with Gasteiger partial charge >= 0.3 is 0 Å². The van der Waals surface area contributed by atoms with Crippen molar-refractivity contribution in [1.29, 1.82) is 0 Å². The highest BCUT2D eigenvalue weighted by Crippen LogP contribution is 2.34. The van der Waals surface area contributed by atoms with Crippen molar-refractivity contribution in [3.8, 4) is 0 Å². The number of likely N-dealkylation sites (tertiary alicyclic amines) is 1. The molecule has 2 heterocycles. The van der Waals surface area contributed by atoms with E-state index in [4.69, 9.17) is 0 Å². The zero-order valence-corrected chi connectivity index (χ0v) is 23.4. The first-order valence-electron chi connectivity index (χ1n) is 15.0. The van der Waals surface area contributed by atoms with Crippen molar-refractivity contribution >= 4 is 22.6 Å². The second-order valence-corrected chi connectivity index (χ2v) is 11.4. The van der Waals surface area contributed by atoms with Gasteiger partial charge in [-0.2, -0.15) is 0 Å². The average Bonchev–Trinajstić information content (AvgIpc) is 2.97. The van der Waals surface area contributed by atoms with E-state index in [1.165, 1.54) is 31.2 Å². The van der Waals surface area contributed by atoms with Crippen molar-refractivity contribution < 1.29 is 9.59 Å². The number of nitrogens with one attached hydrogen (secondary N) is 1. The fourth-order valence-corrected chi connectivity index (χ4v) is 6.56. The number of nitrogens with zero attached hydrogens (tertiary/aromatic N) is 2. The van der Waals surface area contributed by atoms with Crippen LogP contribution >= 0.6 is 0 Å². The predicted octanol–water partition coefficient (Wildman–Crippen LogP) is 5.76. The molecule has 3 aromatic rings. The minimum Gasteiger partial charge on any atom is -0.342 e. The van der Waals surface area contributed by atoms with E-state index in [2.05, 4.69) is 71.7 Å². The van der Waals surface area contributed by atoms with Gasteiger partial charge in [-0.15, -0.1) is 0 Å². The van der Waals surface area contributed by atoms with E-state index in [-0.39, 0.29) is 11.8 Å². The first kappa shape index (κ1) is 27.4. The van der Waals surface area contributed by atoms with Crippen molar-refractivity contribution in [2.75, 3.05) is 26.2 Å². The highest BCUT2D eigenvalue weighted by atomic mass is 16.2. The second kappa shape index (κ2) is 12.8. The summed E-state index contributed by atoms with van der Waals surface area (Å²) in [5.41, 5.74) is 1.84. The van der Waals surface area contributed by atoms with Crippen LogP contribution in [0.5, 0.6) is 0 Å². The topological polar surface area (TPSA) is 52.7 Å². The summed E-state index contributed by atoms with van der Waals surface area (Å²) in [5, 5.41) is 5.49. The van der Waals surface area contributed by atoms with Gasteiger partial charge in [0.25, 0.3) is 0 Å². The lowest BCUT2D eigenvalue weighted by atomic mass is 9.80. The Bertz CT molecular complexity index is 1240. The van der Waals surface area contributed by atoms with Gasteiger partial charge < -0.3 is 15.1 Å². The number of piperazine rings is 1. The molecule has 2 aliphatic rings. The molecule has 2 aliphatic heterocycles. The molecular formula is C34H43N3O2. The summed E-state index contributed by atoms with van der Waals surface area (Å²) in [6.45, 7) is 5.56. The molecule has 0 bridgehead atoms. The van der Waals surface area contributed by atoms with Crippen LogP contribution in [-0.2, 0) is 22.4 Å². The second-order valence-electron chi connectivity index (χ2n) is 11.4. The molecule has 5 heteroatoms. The van der Waals surface area contributed by atoms with E-state index in [1.807, 2.05) is 23.1 Å². The Morgan fingerprint density at radius 3 is 2.33 bits per heavy atom. The SMILES string of the molecule is CCCN1C(=O)[C@H](Cc2cccc3ccccc23)NC(=O)C12CCN(CCCCCCc1ccccc1)CC2. The molecule has 2 amide bonds. The highest BCUT2D eigenvalue weighted by Gasteiger charge is 2.53. The van der Waals surface area contributed by atoms with Gasteiger partial charge in [0, 0.05) is 26.1 Å². The molecule has 5 rings (SSSR count). The molecule has 0 saturated carbocycles. The number of benzene rings is 3. The Hall–Kier alpha value is -3.18. The molecule has 5 nitrogen and oxygen atoms in total. The lowest BCUT2D eigenvalue weighted by Gasteiger charge is -2.51. The molecule has 2 saturated heterocycles. The Kier molecular flexibility index (Phi) is 8.98. The fraction of sp³-hybridized carbons (Fsp3) is 0.471. The van der Waals surface area contributed by atoms with Crippen molar-refractivity contribution in [3.63, 3.8) is 0 Å². The molecule has 0 radical (unpaired) electrons. The number of carbonyl (C=O) groups excluding carboxylic acids is 2. The maximum Gasteiger partial charge on any atom is 0.246 e. The number of carbonyl (C=O) groups is 2. The Morgan fingerprint density at radius 2 is 1.54 bits per heavy atom. The maximum absolute atomic E-state index is 13.8. The van der Waals surface area contributed by atoms with Crippen molar-refractivity contribution in [2.24, 2.45) is 0 Å². The fourth-order valence-electron chi connectivity index (χ4n) is 6.56. The molecular weight excluding hydrogens is 482 g/mol. The molecule has 1 atom stereocenters. The number of rotatable bonds is 11. The summed E-state index contributed by atoms with van der Waals surface area (Å²) in [7, 11) is 0. The number of piperidine rings is 1. The van der Waals surface area contributed by atoms with Gasteiger partial charge in [-0.3, -0.25) is 9.59 Å². The summed E-state index contributed by atoms with van der Waals surface area (Å²) in [4.78, 5) is 32.0. The Morgan fingerprint density at radius 1 is 0.821 bits per heavy atom. The van der Waals surface area contributed by atoms with E-state index in [0.717, 1.165) is 61.7 Å². The zero-order chi connectivity index (χ0) is 27.1. The normalized spacial score (nSPS) is 19.5. The number of hydrogen-bond acceptors (Lipinski definition) is 3. The van der Waals surface area contributed by atoms with Crippen LogP contribution in [0.4, 0.5) is 0 Å².